The lowest BCUT2D eigenvalue weighted by Gasteiger charge is -2.22. The van der Waals surface area contributed by atoms with Crippen LogP contribution in [0.4, 0.5) is 0 Å². The van der Waals surface area contributed by atoms with Gasteiger partial charge in [0.1, 0.15) is 0 Å². The van der Waals surface area contributed by atoms with E-state index < -0.39 is 10.0 Å². The molecular formula is C13H20BrNO4S. The van der Waals surface area contributed by atoms with Crippen molar-refractivity contribution in [1.29, 1.82) is 0 Å². The van der Waals surface area contributed by atoms with Crippen LogP contribution >= 0.6 is 15.9 Å². The summed E-state index contributed by atoms with van der Waals surface area (Å²) in [6, 6.07) is 5.22. The maximum absolute atomic E-state index is 12.7. The molecule has 1 aromatic rings. The minimum absolute atomic E-state index is 0.300. The number of aryl methyl sites for hydroxylation is 1. The zero-order valence-electron chi connectivity index (χ0n) is 11.9. The number of ether oxygens (including phenoxy) is 2. The van der Waals surface area contributed by atoms with Gasteiger partial charge in [0.05, 0.1) is 18.1 Å². The Morgan fingerprint density at radius 1 is 1.15 bits per heavy atom. The first kappa shape index (κ1) is 17.6. The third-order valence-electron chi connectivity index (χ3n) is 2.86. The highest BCUT2D eigenvalue weighted by atomic mass is 79.9. The fourth-order valence-electron chi connectivity index (χ4n) is 1.73. The number of rotatable bonds is 8. The summed E-state index contributed by atoms with van der Waals surface area (Å²) in [6.07, 6.45) is 0. The lowest BCUT2D eigenvalue weighted by Crippen LogP contribution is -2.36. The Labute approximate surface area is 129 Å². The quantitative estimate of drug-likeness (QED) is 0.707. The lowest BCUT2D eigenvalue weighted by molar-refractivity contribution is 0.150. The fourth-order valence-corrected chi connectivity index (χ4v) is 3.90. The molecular weight excluding hydrogens is 346 g/mol. The standard InChI is InChI=1S/C13H20BrNO4S/c1-11-4-5-12(14)10-13(11)20(16,17)15(6-8-18-2)7-9-19-3/h4-5,10H,6-9H2,1-3H3. The molecule has 0 aliphatic carbocycles. The van der Waals surface area contributed by atoms with E-state index in [2.05, 4.69) is 15.9 Å². The molecule has 5 nitrogen and oxygen atoms in total. The van der Waals surface area contributed by atoms with Crippen molar-refractivity contribution in [2.24, 2.45) is 0 Å². The summed E-state index contributed by atoms with van der Waals surface area (Å²) >= 11 is 3.31. The summed E-state index contributed by atoms with van der Waals surface area (Å²) in [5.74, 6) is 0. The third-order valence-corrected chi connectivity index (χ3v) is 5.39. The van der Waals surface area contributed by atoms with E-state index >= 15 is 0 Å². The second-order valence-electron chi connectivity index (χ2n) is 4.30. The number of nitrogens with zero attached hydrogens (tertiary/aromatic N) is 1. The van der Waals surface area contributed by atoms with Crippen LogP contribution in [-0.4, -0.2) is 53.2 Å². The summed E-state index contributed by atoms with van der Waals surface area (Å²) in [5, 5.41) is 0. The Kier molecular flexibility index (Phi) is 7.11. The van der Waals surface area contributed by atoms with E-state index in [0.29, 0.717) is 36.8 Å². The van der Waals surface area contributed by atoms with E-state index in [-0.39, 0.29) is 0 Å². The van der Waals surface area contributed by atoms with Crippen LogP contribution in [0, 0.1) is 6.92 Å². The van der Waals surface area contributed by atoms with Crippen molar-refractivity contribution >= 4 is 26.0 Å². The smallest absolute Gasteiger partial charge is 0.243 e. The first-order chi connectivity index (χ1) is 9.43. The Morgan fingerprint density at radius 2 is 1.70 bits per heavy atom. The molecule has 114 valence electrons. The zero-order valence-corrected chi connectivity index (χ0v) is 14.3. The van der Waals surface area contributed by atoms with Crippen molar-refractivity contribution in [2.45, 2.75) is 11.8 Å². The number of halogens is 1. The molecule has 0 radical (unpaired) electrons. The third kappa shape index (κ3) is 4.53. The topological polar surface area (TPSA) is 55.8 Å². The monoisotopic (exact) mass is 365 g/mol. The van der Waals surface area contributed by atoms with Gasteiger partial charge in [0, 0.05) is 31.8 Å². The summed E-state index contributed by atoms with van der Waals surface area (Å²) in [6.45, 7) is 3.07. The summed E-state index contributed by atoms with van der Waals surface area (Å²) in [7, 11) is -0.461. The van der Waals surface area contributed by atoms with Crippen LogP contribution < -0.4 is 0 Å². The maximum atomic E-state index is 12.7. The van der Waals surface area contributed by atoms with Crippen LogP contribution in [0.3, 0.4) is 0 Å². The second-order valence-corrected chi connectivity index (χ2v) is 7.12. The molecule has 0 fully saturated rings. The highest BCUT2D eigenvalue weighted by Gasteiger charge is 2.25. The molecule has 1 rings (SSSR count). The van der Waals surface area contributed by atoms with Gasteiger partial charge in [0.2, 0.25) is 10.0 Å². The molecule has 0 atom stereocenters. The molecule has 0 amide bonds. The van der Waals surface area contributed by atoms with Gasteiger partial charge in [-0.05, 0) is 24.6 Å². The average Bonchev–Trinajstić information content (AvgIpc) is 2.41. The maximum Gasteiger partial charge on any atom is 0.243 e. The molecule has 0 spiro atoms. The first-order valence-electron chi connectivity index (χ1n) is 6.17. The van der Waals surface area contributed by atoms with Gasteiger partial charge < -0.3 is 9.47 Å². The fraction of sp³-hybridized carbons (Fsp3) is 0.538. The SMILES string of the molecule is COCCN(CCOC)S(=O)(=O)c1cc(Br)ccc1C. The van der Waals surface area contributed by atoms with E-state index in [0.717, 1.165) is 4.47 Å². The normalized spacial score (nSPS) is 12.1. The Balaban J connectivity index is 3.10. The molecule has 0 aliphatic heterocycles. The molecule has 0 unspecified atom stereocenters. The van der Waals surface area contributed by atoms with E-state index in [1.165, 1.54) is 4.31 Å². The van der Waals surface area contributed by atoms with Gasteiger partial charge in [0.25, 0.3) is 0 Å². The van der Waals surface area contributed by atoms with Crippen LogP contribution in [0.5, 0.6) is 0 Å². The zero-order chi connectivity index (χ0) is 15.2. The molecule has 0 N–H and O–H groups in total. The van der Waals surface area contributed by atoms with Crippen molar-refractivity contribution in [3.63, 3.8) is 0 Å². The molecule has 0 heterocycles. The van der Waals surface area contributed by atoms with E-state index in [9.17, 15) is 8.42 Å². The van der Waals surface area contributed by atoms with E-state index in [1.54, 1.807) is 33.3 Å². The average molecular weight is 366 g/mol. The van der Waals surface area contributed by atoms with Gasteiger partial charge in [-0.25, -0.2) is 8.42 Å². The van der Waals surface area contributed by atoms with Gasteiger partial charge >= 0.3 is 0 Å². The van der Waals surface area contributed by atoms with Crippen molar-refractivity contribution in [2.75, 3.05) is 40.5 Å². The van der Waals surface area contributed by atoms with Crippen molar-refractivity contribution in [3.8, 4) is 0 Å². The molecule has 0 aliphatic rings. The highest BCUT2D eigenvalue weighted by molar-refractivity contribution is 9.10. The summed E-state index contributed by atoms with van der Waals surface area (Å²) < 4.78 is 37.5. The predicted molar refractivity (Wildman–Crippen MR) is 81.4 cm³/mol. The first-order valence-corrected chi connectivity index (χ1v) is 8.41. The van der Waals surface area contributed by atoms with E-state index in [1.807, 2.05) is 6.07 Å². The molecule has 0 bridgehead atoms. The highest BCUT2D eigenvalue weighted by Crippen LogP contribution is 2.23. The number of benzene rings is 1. The van der Waals surface area contributed by atoms with Crippen molar-refractivity contribution in [3.05, 3.63) is 28.2 Å². The van der Waals surface area contributed by atoms with Crippen LogP contribution in [0.2, 0.25) is 0 Å². The molecule has 1 aromatic carbocycles. The second kappa shape index (κ2) is 8.09. The number of hydrogen-bond acceptors (Lipinski definition) is 4. The minimum atomic E-state index is -3.56. The van der Waals surface area contributed by atoms with Crippen molar-refractivity contribution in [1.82, 2.24) is 4.31 Å². The Hall–Kier alpha value is -0.470. The lowest BCUT2D eigenvalue weighted by atomic mass is 10.2. The van der Waals surface area contributed by atoms with Crippen LogP contribution in [0.1, 0.15) is 5.56 Å². The van der Waals surface area contributed by atoms with Gasteiger partial charge in [0.15, 0.2) is 0 Å². The van der Waals surface area contributed by atoms with Gasteiger partial charge in [-0.3, -0.25) is 0 Å². The van der Waals surface area contributed by atoms with Crippen LogP contribution in [0.25, 0.3) is 0 Å². The van der Waals surface area contributed by atoms with Crippen LogP contribution in [0.15, 0.2) is 27.6 Å². The largest absolute Gasteiger partial charge is 0.383 e. The molecule has 0 saturated carbocycles. The minimum Gasteiger partial charge on any atom is -0.383 e. The predicted octanol–water partition coefficient (Wildman–Crippen LogP) is 2.04. The summed E-state index contributed by atoms with van der Waals surface area (Å²) in [5.41, 5.74) is 0.716. The van der Waals surface area contributed by atoms with E-state index in [4.69, 9.17) is 9.47 Å². The Bertz CT molecular complexity index is 525. The van der Waals surface area contributed by atoms with Crippen LogP contribution in [-0.2, 0) is 19.5 Å². The molecule has 0 saturated heterocycles. The molecule has 7 heteroatoms. The van der Waals surface area contributed by atoms with Crippen molar-refractivity contribution < 1.29 is 17.9 Å². The van der Waals surface area contributed by atoms with Gasteiger partial charge in [-0.15, -0.1) is 0 Å². The number of methoxy groups -OCH3 is 2. The number of sulfonamides is 1. The summed E-state index contributed by atoms with van der Waals surface area (Å²) in [4.78, 5) is 0.305. The van der Waals surface area contributed by atoms with Gasteiger partial charge in [-0.2, -0.15) is 4.31 Å². The Morgan fingerprint density at radius 3 is 2.20 bits per heavy atom. The van der Waals surface area contributed by atoms with Gasteiger partial charge in [-0.1, -0.05) is 22.0 Å². The number of hydrogen-bond donors (Lipinski definition) is 0. The molecule has 0 aromatic heterocycles. The molecule has 20 heavy (non-hydrogen) atoms.